The number of hydrogen-bond donors (Lipinski definition) is 2. The number of benzene rings is 1. The second-order valence-electron chi connectivity index (χ2n) is 7.70. The highest BCUT2D eigenvalue weighted by Gasteiger charge is 2.30. The zero-order valence-electron chi connectivity index (χ0n) is 20.0. The number of sulfonamides is 1. The van der Waals surface area contributed by atoms with Gasteiger partial charge in [0.25, 0.3) is 0 Å². The van der Waals surface area contributed by atoms with Crippen molar-refractivity contribution >= 4 is 21.8 Å². The van der Waals surface area contributed by atoms with E-state index in [0.29, 0.717) is 30.6 Å². The molecule has 0 saturated carbocycles. The van der Waals surface area contributed by atoms with Crippen LogP contribution in [0.3, 0.4) is 0 Å². The van der Waals surface area contributed by atoms with Crippen LogP contribution in [-0.2, 0) is 10.0 Å². The number of piperidine rings is 1. The lowest BCUT2D eigenvalue weighted by molar-refractivity contribution is 0.326. The summed E-state index contributed by atoms with van der Waals surface area (Å²) >= 11 is 0. The maximum Gasteiger partial charge on any atom is 0.243 e. The molecule has 1 unspecified atom stereocenters. The SMILES string of the molecule is CC.COc1cc(-c2ccc(S(=O)(=O)N3CCCC(Nc4nccc(C)n4)C3)cc2)cnc1N. The van der Waals surface area contributed by atoms with Gasteiger partial charge in [-0.05, 0) is 49.6 Å². The smallest absolute Gasteiger partial charge is 0.243 e. The Balaban J connectivity index is 0.00000158. The number of nitrogens with one attached hydrogen (secondary N) is 1. The molecule has 4 rings (SSSR count). The lowest BCUT2D eigenvalue weighted by Crippen LogP contribution is -2.45. The summed E-state index contributed by atoms with van der Waals surface area (Å²) in [6.45, 7) is 6.74. The van der Waals surface area contributed by atoms with Crippen molar-refractivity contribution in [2.45, 2.75) is 44.6 Å². The molecule has 1 aliphatic rings. The molecular weight excluding hydrogens is 452 g/mol. The Hall–Kier alpha value is -3.24. The van der Waals surface area contributed by atoms with Gasteiger partial charge in [-0.2, -0.15) is 4.31 Å². The van der Waals surface area contributed by atoms with E-state index in [1.807, 2.05) is 26.8 Å². The molecule has 9 nitrogen and oxygen atoms in total. The molecule has 1 aromatic carbocycles. The Labute approximate surface area is 201 Å². The second-order valence-corrected chi connectivity index (χ2v) is 9.64. The average molecular weight is 485 g/mol. The number of hydrogen-bond acceptors (Lipinski definition) is 8. The number of nitrogens with two attached hydrogens (primary N) is 1. The molecule has 1 fully saturated rings. The van der Waals surface area contributed by atoms with Gasteiger partial charge in [-0.1, -0.05) is 26.0 Å². The van der Waals surface area contributed by atoms with Crippen LogP contribution in [0.5, 0.6) is 5.75 Å². The number of rotatable bonds is 6. The largest absolute Gasteiger partial charge is 0.493 e. The Morgan fingerprint density at radius 3 is 2.53 bits per heavy atom. The zero-order valence-corrected chi connectivity index (χ0v) is 20.8. The second kappa shape index (κ2) is 11.3. The highest BCUT2D eigenvalue weighted by atomic mass is 32.2. The van der Waals surface area contributed by atoms with E-state index in [1.54, 1.807) is 42.7 Å². The Morgan fingerprint density at radius 1 is 1.12 bits per heavy atom. The molecular formula is C24H32N6O3S. The number of aromatic nitrogens is 3. The normalized spacial score (nSPS) is 16.3. The molecule has 0 bridgehead atoms. The molecule has 0 radical (unpaired) electrons. The molecule has 2 aromatic heterocycles. The maximum atomic E-state index is 13.3. The summed E-state index contributed by atoms with van der Waals surface area (Å²) in [5.74, 6) is 1.30. The number of methoxy groups -OCH3 is 1. The van der Waals surface area contributed by atoms with Gasteiger partial charge in [-0.3, -0.25) is 0 Å². The summed E-state index contributed by atoms with van der Waals surface area (Å²) < 4.78 is 33.2. The standard InChI is InChI=1S/C22H26N6O3S.C2H6/c1-15-9-10-24-22(26-15)27-18-4-3-11-28(14-18)32(29,30)19-7-5-16(6-8-19)17-12-20(31-2)21(23)25-13-17;1-2/h5-10,12-13,18H,3-4,11,14H2,1-2H3,(H2,23,25)(H,24,26,27);1-2H3. The first-order valence-corrected chi connectivity index (χ1v) is 12.8. The molecule has 0 aliphatic carbocycles. The highest BCUT2D eigenvalue weighted by molar-refractivity contribution is 7.89. The lowest BCUT2D eigenvalue weighted by atomic mass is 10.1. The average Bonchev–Trinajstić information content (AvgIpc) is 2.86. The van der Waals surface area contributed by atoms with Crippen molar-refractivity contribution in [3.8, 4) is 16.9 Å². The van der Waals surface area contributed by atoms with Crippen LogP contribution in [0.15, 0.2) is 53.7 Å². The number of anilines is 2. The Morgan fingerprint density at radius 2 is 1.85 bits per heavy atom. The van der Waals surface area contributed by atoms with Gasteiger partial charge in [-0.15, -0.1) is 0 Å². The summed E-state index contributed by atoms with van der Waals surface area (Å²) in [6.07, 6.45) is 4.94. The van der Waals surface area contributed by atoms with Gasteiger partial charge in [-0.25, -0.2) is 23.4 Å². The van der Waals surface area contributed by atoms with Crippen molar-refractivity contribution in [1.29, 1.82) is 0 Å². The molecule has 182 valence electrons. The lowest BCUT2D eigenvalue weighted by Gasteiger charge is -2.32. The number of pyridine rings is 1. The summed E-state index contributed by atoms with van der Waals surface area (Å²) in [4.78, 5) is 13.0. The van der Waals surface area contributed by atoms with Crippen molar-refractivity contribution < 1.29 is 13.2 Å². The number of aryl methyl sites for hydroxylation is 1. The molecule has 1 saturated heterocycles. The fraction of sp³-hybridized carbons (Fsp3) is 0.375. The van der Waals surface area contributed by atoms with Gasteiger partial charge in [0.2, 0.25) is 16.0 Å². The molecule has 3 aromatic rings. The van der Waals surface area contributed by atoms with E-state index in [0.717, 1.165) is 29.7 Å². The van der Waals surface area contributed by atoms with E-state index in [4.69, 9.17) is 10.5 Å². The van der Waals surface area contributed by atoms with Crippen molar-refractivity contribution in [2.24, 2.45) is 0 Å². The van der Waals surface area contributed by atoms with Crippen molar-refractivity contribution in [3.63, 3.8) is 0 Å². The van der Waals surface area contributed by atoms with Gasteiger partial charge >= 0.3 is 0 Å². The third-order valence-electron chi connectivity index (χ3n) is 5.44. The molecule has 3 heterocycles. The minimum absolute atomic E-state index is 0.0482. The highest BCUT2D eigenvalue weighted by Crippen LogP contribution is 2.29. The van der Waals surface area contributed by atoms with Gasteiger partial charge in [0, 0.05) is 42.8 Å². The quantitative estimate of drug-likeness (QED) is 0.542. The van der Waals surface area contributed by atoms with Crippen LogP contribution in [0.25, 0.3) is 11.1 Å². The molecule has 10 heteroatoms. The Kier molecular flexibility index (Phi) is 8.41. The van der Waals surface area contributed by atoms with Crippen LogP contribution < -0.4 is 15.8 Å². The summed E-state index contributed by atoms with van der Waals surface area (Å²) in [7, 11) is -2.10. The van der Waals surface area contributed by atoms with Crippen LogP contribution in [0.2, 0.25) is 0 Å². The first-order valence-electron chi connectivity index (χ1n) is 11.3. The summed E-state index contributed by atoms with van der Waals surface area (Å²) in [5, 5.41) is 3.26. The van der Waals surface area contributed by atoms with E-state index in [-0.39, 0.29) is 10.9 Å². The van der Waals surface area contributed by atoms with Gasteiger partial charge in [0.1, 0.15) is 0 Å². The molecule has 1 aliphatic heterocycles. The third kappa shape index (κ3) is 5.81. The van der Waals surface area contributed by atoms with Crippen molar-refractivity contribution in [3.05, 3.63) is 54.5 Å². The molecule has 0 spiro atoms. The first-order chi connectivity index (χ1) is 16.4. The molecule has 0 amide bonds. The Bertz CT molecular complexity index is 1200. The maximum absolute atomic E-state index is 13.3. The zero-order chi connectivity index (χ0) is 24.7. The first kappa shape index (κ1) is 25.4. The topological polar surface area (TPSA) is 123 Å². The molecule has 3 N–H and O–H groups in total. The van der Waals surface area contributed by atoms with E-state index in [2.05, 4.69) is 20.3 Å². The summed E-state index contributed by atoms with van der Waals surface area (Å²) in [5.41, 5.74) is 8.25. The minimum Gasteiger partial charge on any atom is -0.493 e. The van der Waals surface area contributed by atoms with E-state index < -0.39 is 10.0 Å². The number of nitrogens with zero attached hydrogens (tertiary/aromatic N) is 4. The van der Waals surface area contributed by atoms with Gasteiger partial charge in [0.15, 0.2) is 11.6 Å². The van der Waals surface area contributed by atoms with Gasteiger partial charge < -0.3 is 15.8 Å². The van der Waals surface area contributed by atoms with Crippen LogP contribution in [0.1, 0.15) is 32.4 Å². The van der Waals surface area contributed by atoms with Crippen LogP contribution in [0, 0.1) is 6.92 Å². The fourth-order valence-corrected chi connectivity index (χ4v) is 5.25. The van der Waals surface area contributed by atoms with E-state index in [1.165, 1.54) is 11.4 Å². The molecule has 1 atom stereocenters. The predicted octanol–water partition coefficient (Wildman–Crippen LogP) is 3.73. The van der Waals surface area contributed by atoms with Gasteiger partial charge in [0.05, 0.1) is 12.0 Å². The van der Waals surface area contributed by atoms with Crippen molar-refractivity contribution in [2.75, 3.05) is 31.2 Å². The fourth-order valence-electron chi connectivity index (χ4n) is 3.72. The van der Waals surface area contributed by atoms with E-state index in [9.17, 15) is 8.42 Å². The van der Waals surface area contributed by atoms with E-state index >= 15 is 0 Å². The molecule has 34 heavy (non-hydrogen) atoms. The monoisotopic (exact) mass is 484 g/mol. The van der Waals surface area contributed by atoms with Crippen LogP contribution >= 0.6 is 0 Å². The number of nitrogen functional groups attached to an aromatic ring is 1. The van der Waals surface area contributed by atoms with Crippen LogP contribution in [-0.4, -0.2) is 53.9 Å². The van der Waals surface area contributed by atoms with Crippen LogP contribution in [0.4, 0.5) is 11.8 Å². The predicted molar refractivity (Wildman–Crippen MR) is 134 cm³/mol. The third-order valence-corrected chi connectivity index (χ3v) is 7.32. The summed E-state index contributed by atoms with van der Waals surface area (Å²) in [6, 6.07) is 10.3. The van der Waals surface area contributed by atoms with Crippen molar-refractivity contribution in [1.82, 2.24) is 19.3 Å². The minimum atomic E-state index is -3.62. The number of ether oxygens (including phenoxy) is 1.